The maximum absolute atomic E-state index is 6.08. The molecule has 0 bridgehead atoms. The average molecular weight is 292 g/mol. The standard InChI is InChI=1S/C18H32N2O/c1-13-7-14(2)11-20(10-13)12-16-8-15(3)17(21-16)9-19-18(4,5)6/h8,13-14,19H,7,9-12H2,1-6H3. The Morgan fingerprint density at radius 1 is 1.24 bits per heavy atom. The van der Waals surface area contributed by atoms with Crippen LogP contribution in [-0.2, 0) is 13.1 Å². The number of hydrogen-bond donors (Lipinski definition) is 1. The van der Waals surface area contributed by atoms with Gasteiger partial charge in [0.05, 0.1) is 13.1 Å². The number of likely N-dealkylation sites (tertiary alicyclic amines) is 1. The van der Waals surface area contributed by atoms with Gasteiger partial charge in [-0.3, -0.25) is 4.90 Å². The summed E-state index contributed by atoms with van der Waals surface area (Å²) < 4.78 is 6.08. The third-order valence-electron chi connectivity index (χ3n) is 4.17. The molecule has 2 atom stereocenters. The minimum Gasteiger partial charge on any atom is -0.463 e. The molecule has 120 valence electrons. The third kappa shape index (κ3) is 5.15. The monoisotopic (exact) mass is 292 g/mol. The summed E-state index contributed by atoms with van der Waals surface area (Å²) >= 11 is 0. The van der Waals surface area contributed by atoms with E-state index in [1.54, 1.807) is 0 Å². The number of aryl methyl sites for hydroxylation is 1. The average Bonchev–Trinajstić information content (AvgIpc) is 2.64. The summed E-state index contributed by atoms with van der Waals surface area (Å²) in [5, 5.41) is 3.50. The molecule has 0 aromatic carbocycles. The van der Waals surface area contributed by atoms with Crippen molar-refractivity contribution in [2.24, 2.45) is 11.8 Å². The van der Waals surface area contributed by atoms with Crippen LogP contribution in [0.1, 0.15) is 58.1 Å². The highest BCUT2D eigenvalue weighted by Crippen LogP contribution is 2.24. The van der Waals surface area contributed by atoms with Crippen molar-refractivity contribution in [1.82, 2.24) is 10.2 Å². The second-order valence-electron chi connectivity index (χ2n) is 8.06. The largest absolute Gasteiger partial charge is 0.463 e. The SMILES string of the molecule is Cc1cc(CN2CC(C)CC(C)C2)oc1CNC(C)(C)C. The molecule has 1 aliphatic rings. The second kappa shape index (κ2) is 6.53. The van der Waals surface area contributed by atoms with Crippen LogP contribution in [0.4, 0.5) is 0 Å². The van der Waals surface area contributed by atoms with Crippen LogP contribution in [-0.4, -0.2) is 23.5 Å². The molecule has 3 heteroatoms. The molecule has 2 rings (SSSR count). The van der Waals surface area contributed by atoms with Crippen molar-refractivity contribution in [3.63, 3.8) is 0 Å². The van der Waals surface area contributed by atoms with Crippen LogP contribution >= 0.6 is 0 Å². The van der Waals surface area contributed by atoms with Gasteiger partial charge in [-0.1, -0.05) is 13.8 Å². The number of rotatable bonds is 4. The molecule has 0 aliphatic carbocycles. The Morgan fingerprint density at radius 2 is 1.86 bits per heavy atom. The summed E-state index contributed by atoms with van der Waals surface area (Å²) in [5.74, 6) is 3.79. The predicted molar refractivity (Wildman–Crippen MR) is 88.3 cm³/mol. The van der Waals surface area contributed by atoms with Crippen LogP contribution in [0, 0.1) is 18.8 Å². The Kier molecular flexibility index (Phi) is 5.15. The van der Waals surface area contributed by atoms with Gasteiger partial charge < -0.3 is 9.73 Å². The predicted octanol–water partition coefficient (Wildman–Crippen LogP) is 3.95. The van der Waals surface area contributed by atoms with E-state index in [1.165, 1.54) is 25.1 Å². The van der Waals surface area contributed by atoms with E-state index >= 15 is 0 Å². The molecule has 2 heterocycles. The van der Waals surface area contributed by atoms with E-state index in [1.807, 2.05) is 0 Å². The molecule has 0 spiro atoms. The van der Waals surface area contributed by atoms with Crippen LogP contribution < -0.4 is 5.32 Å². The van der Waals surface area contributed by atoms with Gasteiger partial charge in [-0.05, 0) is 57.6 Å². The van der Waals surface area contributed by atoms with Crippen molar-refractivity contribution >= 4 is 0 Å². The van der Waals surface area contributed by atoms with Gasteiger partial charge >= 0.3 is 0 Å². The lowest BCUT2D eigenvalue weighted by molar-refractivity contribution is 0.125. The molecular weight excluding hydrogens is 260 g/mol. The maximum Gasteiger partial charge on any atom is 0.120 e. The van der Waals surface area contributed by atoms with Crippen LogP contribution in [0.15, 0.2) is 10.5 Å². The summed E-state index contributed by atoms with van der Waals surface area (Å²) in [6.07, 6.45) is 1.36. The fraction of sp³-hybridized carbons (Fsp3) is 0.778. The van der Waals surface area contributed by atoms with E-state index in [9.17, 15) is 0 Å². The molecule has 0 saturated carbocycles. The zero-order valence-electron chi connectivity index (χ0n) is 14.6. The van der Waals surface area contributed by atoms with Gasteiger partial charge in [-0.15, -0.1) is 0 Å². The van der Waals surface area contributed by atoms with E-state index in [2.05, 4.69) is 57.8 Å². The molecule has 21 heavy (non-hydrogen) atoms. The summed E-state index contributed by atoms with van der Waals surface area (Å²) in [6.45, 7) is 17.6. The first-order valence-corrected chi connectivity index (χ1v) is 8.28. The summed E-state index contributed by atoms with van der Waals surface area (Å²) in [4.78, 5) is 2.54. The van der Waals surface area contributed by atoms with E-state index < -0.39 is 0 Å². The van der Waals surface area contributed by atoms with Gasteiger partial charge in [0, 0.05) is 18.6 Å². The Labute approximate surface area is 130 Å². The van der Waals surface area contributed by atoms with E-state index in [0.29, 0.717) is 0 Å². The van der Waals surface area contributed by atoms with Gasteiger partial charge in [0.2, 0.25) is 0 Å². The van der Waals surface area contributed by atoms with Gasteiger partial charge in [-0.2, -0.15) is 0 Å². The Hall–Kier alpha value is -0.800. The smallest absolute Gasteiger partial charge is 0.120 e. The molecule has 1 saturated heterocycles. The minimum absolute atomic E-state index is 0.122. The van der Waals surface area contributed by atoms with Crippen LogP contribution in [0.2, 0.25) is 0 Å². The molecule has 3 nitrogen and oxygen atoms in total. The van der Waals surface area contributed by atoms with Crippen molar-refractivity contribution < 1.29 is 4.42 Å². The Bertz CT molecular complexity index is 448. The molecule has 1 aromatic heterocycles. The van der Waals surface area contributed by atoms with Gasteiger partial charge in [-0.25, -0.2) is 0 Å². The summed E-state index contributed by atoms with van der Waals surface area (Å²) in [5.41, 5.74) is 1.39. The number of piperidine rings is 1. The van der Waals surface area contributed by atoms with E-state index in [0.717, 1.165) is 36.4 Å². The van der Waals surface area contributed by atoms with E-state index in [-0.39, 0.29) is 5.54 Å². The van der Waals surface area contributed by atoms with Crippen molar-refractivity contribution in [1.29, 1.82) is 0 Å². The first kappa shape index (κ1) is 16.6. The second-order valence-corrected chi connectivity index (χ2v) is 8.06. The van der Waals surface area contributed by atoms with Gasteiger partial charge in [0.25, 0.3) is 0 Å². The van der Waals surface area contributed by atoms with Gasteiger partial charge in [0.1, 0.15) is 11.5 Å². The van der Waals surface area contributed by atoms with Crippen LogP contribution in [0.5, 0.6) is 0 Å². The first-order chi connectivity index (χ1) is 9.73. The third-order valence-corrected chi connectivity index (χ3v) is 4.17. The zero-order chi connectivity index (χ0) is 15.6. The van der Waals surface area contributed by atoms with Crippen LogP contribution in [0.3, 0.4) is 0 Å². The Morgan fingerprint density at radius 3 is 2.43 bits per heavy atom. The van der Waals surface area contributed by atoms with Crippen molar-refractivity contribution in [2.45, 2.75) is 66.6 Å². The van der Waals surface area contributed by atoms with Crippen molar-refractivity contribution in [3.05, 3.63) is 23.2 Å². The lowest BCUT2D eigenvalue weighted by Crippen LogP contribution is -2.38. The van der Waals surface area contributed by atoms with Crippen LogP contribution in [0.25, 0.3) is 0 Å². The summed E-state index contributed by atoms with van der Waals surface area (Å²) in [7, 11) is 0. The molecule has 2 unspecified atom stereocenters. The normalized spacial score (nSPS) is 24.5. The number of furan rings is 1. The van der Waals surface area contributed by atoms with E-state index in [4.69, 9.17) is 4.42 Å². The molecular formula is C18H32N2O. The number of nitrogens with one attached hydrogen (secondary N) is 1. The molecule has 0 amide bonds. The molecule has 1 fully saturated rings. The lowest BCUT2D eigenvalue weighted by Gasteiger charge is -2.34. The fourth-order valence-electron chi connectivity index (χ4n) is 3.33. The highest BCUT2D eigenvalue weighted by molar-refractivity contribution is 5.20. The minimum atomic E-state index is 0.122. The maximum atomic E-state index is 6.08. The molecule has 1 aliphatic heterocycles. The highest BCUT2D eigenvalue weighted by atomic mass is 16.3. The van der Waals surface area contributed by atoms with Gasteiger partial charge in [0.15, 0.2) is 0 Å². The Balaban J connectivity index is 1.95. The summed E-state index contributed by atoms with van der Waals surface area (Å²) in [6, 6.07) is 2.21. The molecule has 1 N–H and O–H groups in total. The highest BCUT2D eigenvalue weighted by Gasteiger charge is 2.23. The zero-order valence-corrected chi connectivity index (χ0v) is 14.6. The molecule has 0 radical (unpaired) electrons. The molecule has 1 aromatic rings. The van der Waals surface area contributed by atoms with Crippen molar-refractivity contribution in [3.8, 4) is 0 Å². The van der Waals surface area contributed by atoms with Crippen molar-refractivity contribution in [2.75, 3.05) is 13.1 Å². The topological polar surface area (TPSA) is 28.4 Å². The fourth-order valence-corrected chi connectivity index (χ4v) is 3.33. The number of nitrogens with zero attached hydrogens (tertiary/aromatic N) is 1. The lowest BCUT2D eigenvalue weighted by atomic mass is 9.92. The quantitative estimate of drug-likeness (QED) is 0.910. The number of hydrogen-bond acceptors (Lipinski definition) is 3. The first-order valence-electron chi connectivity index (χ1n) is 8.28.